The van der Waals surface area contributed by atoms with E-state index >= 15 is 0 Å². The molecule has 34 heavy (non-hydrogen) atoms. The molecule has 0 unspecified atom stereocenters. The second-order valence-electron chi connectivity index (χ2n) is 7.48. The van der Waals surface area contributed by atoms with Crippen molar-refractivity contribution in [2.75, 3.05) is 0 Å². The highest BCUT2D eigenvalue weighted by Crippen LogP contribution is 2.31. The highest BCUT2D eigenvalue weighted by Gasteiger charge is 2.37. The first-order valence-electron chi connectivity index (χ1n) is 10.4. The predicted molar refractivity (Wildman–Crippen MR) is 125 cm³/mol. The second-order valence-corrected chi connectivity index (χ2v) is 7.48. The number of hydrogen-bond donors (Lipinski definition) is 0. The van der Waals surface area contributed by atoms with E-state index < -0.39 is 11.8 Å². The molecule has 2 amide bonds. The Hall–Kier alpha value is -5.03. The lowest BCUT2D eigenvalue weighted by molar-refractivity contribution is -0.123. The lowest BCUT2D eigenvalue weighted by Gasteiger charge is -2.08. The summed E-state index contributed by atoms with van der Waals surface area (Å²) in [5.41, 5.74) is 2.24. The standard InChI is InChI=1S/C26H17N5O3/c1-17-20(15-18-9-4-2-5-10-18)25(32)31(28-17)26(33)23-21(16-27)24(22-13-8-14-34-22)30(29-23)19-11-6-3-7-12-19/h2-15H,1H3. The summed E-state index contributed by atoms with van der Waals surface area (Å²) >= 11 is 0. The fourth-order valence-corrected chi connectivity index (χ4v) is 3.71. The molecule has 2 aromatic carbocycles. The number of nitrogens with zero attached hydrogens (tertiary/aromatic N) is 5. The zero-order valence-electron chi connectivity index (χ0n) is 18.0. The molecule has 0 fully saturated rings. The summed E-state index contributed by atoms with van der Waals surface area (Å²) in [4.78, 5) is 26.6. The van der Waals surface area contributed by atoms with E-state index in [1.165, 1.54) is 10.9 Å². The molecule has 0 aliphatic carbocycles. The average Bonchev–Trinajstić information content (AvgIpc) is 3.59. The molecule has 8 heteroatoms. The van der Waals surface area contributed by atoms with Crippen molar-refractivity contribution in [3.05, 3.63) is 101 Å². The molecule has 8 nitrogen and oxygen atoms in total. The van der Waals surface area contributed by atoms with Gasteiger partial charge in [0, 0.05) is 0 Å². The molecule has 3 heterocycles. The Morgan fingerprint density at radius 3 is 2.38 bits per heavy atom. The molecule has 164 valence electrons. The summed E-state index contributed by atoms with van der Waals surface area (Å²) in [5, 5.41) is 19.3. The van der Waals surface area contributed by atoms with Crippen molar-refractivity contribution in [2.24, 2.45) is 5.10 Å². The van der Waals surface area contributed by atoms with Crippen LogP contribution in [0.2, 0.25) is 0 Å². The van der Waals surface area contributed by atoms with Crippen LogP contribution in [-0.2, 0) is 4.79 Å². The number of carbonyl (C=O) groups excluding carboxylic acids is 2. The molecular formula is C26H17N5O3. The van der Waals surface area contributed by atoms with Crippen molar-refractivity contribution in [1.29, 1.82) is 5.26 Å². The van der Waals surface area contributed by atoms with Gasteiger partial charge in [-0.1, -0.05) is 48.5 Å². The number of rotatable bonds is 4. The maximum atomic E-state index is 13.5. The summed E-state index contributed by atoms with van der Waals surface area (Å²) in [5.74, 6) is -1.01. The number of carbonyl (C=O) groups is 2. The van der Waals surface area contributed by atoms with Crippen LogP contribution in [-0.4, -0.2) is 32.3 Å². The topological polar surface area (TPSA) is 104 Å². The molecule has 0 saturated carbocycles. The lowest BCUT2D eigenvalue weighted by Crippen LogP contribution is -2.30. The largest absolute Gasteiger partial charge is 0.463 e. The van der Waals surface area contributed by atoms with Crippen LogP contribution < -0.4 is 0 Å². The molecule has 5 rings (SSSR count). The number of amides is 2. The van der Waals surface area contributed by atoms with Crippen LogP contribution in [0.5, 0.6) is 0 Å². The van der Waals surface area contributed by atoms with Gasteiger partial charge in [-0.2, -0.15) is 20.5 Å². The third kappa shape index (κ3) is 3.51. The number of aromatic nitrogens is 2. The average molecular weight is 447 g/mol. The van der Waals surface area contributed by atoms with Crippen LogP contribution in [0.4, 0.5) is 0 Å². The van der Waals surface area contributed by atoms with E-state index in [9.17, 15) is 14.9 Å². The molecule has 0 atom stereocenters. The number of para-hydroxylation sites is 1. The number of hydrazone groups is 1. The van der Waals surface area contributed by atoms with Crippen LogP contribution >= 0.6 is 0 Å². The van der Waals surface area contributed by atoms with Crippen LogP contribution in [0.25, 0.3) is 23.2 Å². The van der Waals surface area contributed by atoms with E-state index in [0.717, 1.165) is 10.6 Å². The van der Waals surface area contributed by atoms with Gasteiger partial charge in [0.05, 0.1) is 23.2 Å². The SMILES string of the molecule is CC1=NN(C(=O)c2nn(-c3ccccc3)c(-c3ccco3)c2C#N)C(=O)C1=Cc1ccccc1. The van der Waals surface area contributed by atoms with Gasteiger partial charge >= 0.3 is 5.91 Å². The van der Waals surface area contributed by atoms with E-state index in [0.29, 0.717) is 28.4 Å². The van der Waals surface area contributed by atoms with Gasteiger partial charge in [0.2, 0.25) is 0 Å². The van der Waals surface area contributed by atoms with E-state index in [2.05, 4.69) is 16.3 Å². The summed E-state index contributed by atoms with van der Waals surface area (Å²) in [7, 11) is 0. The van der Waals surface area contributed by atoms with Crippen molar-refractivity contribution in [3.63, 3.8) is 0 Å². The van der Waals surface area contributed by atoms with E-state index in [-0.39, 0.29) is 11.3 Å². The number of benzene rings is 2. The molecule has 0 N–H and O–H groups in total. The Balaban J connectivity index is 1.60. The molecule has 1 aliphatic rings. The van der Waals surface area contributed by atoms with Crippen molar-refractivity contribution < 1.29 is 14.0 Å². The van der Waals surface area contributed by atoms with Crippen molar-refractivity contribution in [1.82, 2.24) is 14.8 Å². The first kappa shape index (κ1) is 20.8. The van der Waals surface area contributed by atoms with Crippen LogP contribution in [0.3, 0.4) is 0 Å². The monoisotopic (exact) mass is 447 g/mol. The van der Waals surface area contributed by atoms with Crippen LogP contribution in [0, 0.1) is 11.3 Å². The van der Waals surface area contributed by atoms with Gasteiger partial charge < -0.3 is 4.42 Å². The van der Waals surface area contributed by atoms with Gasteiger partial charge in [-0.15, -0.1) is 0 Å². The van der Waals surface area contributed by atoms with Gasteiger partial charge in [0.1, 0.15) is 17.3 Å². The molecule has 1 aliphatic heterocycles. The van der Waals surface area contributed by atoms with Gasteiger partial charge in [0.15, 0.2) is 11.5 Å². The van der Waals surface area contributed by atoms with Crippen molar-refractivity contribution >= 4 is 23.6 Å². The molecule has 0 saturated heterocycles. The Bertz CT molecular complexity index is 1490. The van der Waals surface area contributed by atoms with Gasteiger partial charge in [0.25, 0.3) is 5.91 Å². The first-order valence-corrected chi connectivity index (χ1v) is 10.4. The fraction of sp³-hybridized carbons (Fsp3) is 0.0385. The van der Waals surface area contributed by atoms with Gasteiger partial charge in [-0.25, -0.2) is 4.68 Å². The highest BCUT2D eigenvalue weighted by atomic mass is 16.3. The lowest BCUT2D eigenvalue weighted by atomic mass is 10.1. The summed E-state index contributed by atoms with van der Waals surface area (Å²) in [6.45, 7) is 1.65. The minimum atomic E-state index is -0.792. The fourth-order valence-electron chi connectivity index (χ4n) is 3.71. The predicted octanol–water partition coefficient (Wildman–Crippen LogP) is 4.45. The number of furan rings is 1. The van der Waals surface area contributed by atoms with Crippen LogP contribution in [0.1, 0.15) is 28.5 Å². The van der Waals surface area contributed by atoms with Crippen LogP contribution in [0.15, 0.2) is 94.2 Å². The number of hydrogen-bond acceptors (Lipinski definition) is 6. The van der Waals surface area contributed by atoms with Gasteiger partial charge in [-0.05, 0) is 42.8 Å². The zero-order valence-corrected chi connectivity index (χ0v) is 18.0. The maximum Gasteiger partial charge on any atom is 0.303 e. The van der Waals surface area contributed by atoms with E-state index in [1.807, 2.05) is 48.5 Å². The Morgan fingerprint density at radius 2 is 1.74 bits per heavy atom. The Labute approximate surface area is 194 Å². The third-order valence-electron chi connectivity index (χ3n) is 5.32. The molecule has 2 aromatic heterocycles. The minimum absolute atomic E-state index is 0.00931. The summed E-state index contributed by atoms with van der Waals surface area (Å²) in [6, 6.07) is 23.8. The normalized spacial score (nSPS) is 14.4. The molecule has 0 spiro atoms. The van der Waals surface area contributed by atoms with Crippen molar-refractivity contribution in [3.8, 4) is 23.2 Å². The summed E-state index contributed by atoms with van der Waals surface area (Å²) < 4.78 is 6.98. The second kappa shape index (κ2) is 8.48. The molecule has 0 bridgehead atoms. The Morgan fingerprint density at radius 1 is 1.03 bits per heavy atom. The van der Waals surface area contributed by atoms with Gasteiger partial charge in [-0.3, -0.25) is 9.59 Å². The van der Waals surface area contributed by atoms with E-state index in [1.54, 1.807) is 37.3 Å². The quantitative estimate of drug-likeness (QED) is 0.340. The minimum Gasteiger partial charge on any atom is -0.463 e. The number of imide groups is 1. The highest BCUT2D eigenvalue weighted by molar-refractivity contribution is 6.30. The Kier molecular flexibility index (Phi) is 5.20. The smallest absolute Gasteiger partial charge is 0.303 e. The maximum absolute atomic E-state index is 13.5. The molecule has 0 radical (unpaired) electrons. The summed E-state index contributed by atoms with van der Waals surface area (Å²) in [6.07, 6.45) is 3.15. The van der Waals surface area contributed by atoms with E-state index in [4.69, 9.17) is 4.42 Å². The molecular weight excluding hydrogens is 430 g/mol. The first-order chi connectivity index (χ1) is 16.6. The number of nitriles is 1. The third-order valence-corrected chi connectivity index (χ3v) is 5.32. The van der Waals surface area contributed by atoms with Crippen molar-refractivity contribution in [2.45, 2.75) is 6.92 Å². The zero-order chi connectivity index (χ0) is 23.7. The molecule has 4 aromatic rings.